The van der Waals surface area contributed by atoms with Crippen molar-refractivity contribution >= 4 is 46.6 Å². The van der Waals surface area contributed by atoms with E-state index in [1.54, 1.807) is 6.07 Å². The summed E-state index contributed by atoms with van der Waals surface area (Å²) in [6.07, 6.45) is 0.616. The minimum atomic E-state index is -0.143. The molecule has 0 aliphatic rings. The first-order valence-corrected chi connectivity index (χ1v) is 11.7. The quantitative estimate of drug-likeness (QED) is 0.318. The first-order valence-electron chi connectivity index (χ1n) is 9.93. The first kappa shape index (κ1) is 22.4. The van der Waals surface area contributed by atoms with Crippen LogP contribution in [-0.2, 0) is 11.2 Å². The molecule has 0 aliphatic heterocycles. The van der Waals surface area contributed by atoms with E-state index >= 15 is 0 Å². The van der Waals surface area contributed by atoms with Crippen LogP contribution in [0.5, 0.6) is 0 Å². The molecule has 32 heavy (non-hydrogen) atoms. The predicted molar refractivity (Wildman–Crippen MR) is 131 cm³/mol. The molecular formula is C24H20Cl2N4OS. The van der Waals surface area contributed by atoms with Gasteiger partial charge < -0.3 is 5.32 Å². The summed E-state index contributed by atoms with van der Waals surface area (Å²) in [6.45, 7) is 1.87. The molecule has 1 heterocycles. The average Bonchev–Trinajstić information content (AvgIpc) is 3.19. The lowest BCUT2D eigenvalue weighted by molar-refractivity contribution is -0.113. The van der Waals surface area contributed by atoms with Gasteiger partial charge in [-0.1, -0.05) is 71.4 Å². The van der Waals surface area contributed by atoms with Crippen molar-refractivity contribution in [1.82, 2.24) is 14.8 Å². The summed E-state index contributed by atoms with van der Waals surface area (Å²) in [5, 5.41) is 13.6. The summed E-state index contributed by atoms with van der Waals surface area (Å²) in [5.41, 5.74) is 3.55. The summed E-state index contributed by atoms with van der Waals surface area (Å²) in [5.74, 6) is 0.825. The fraction of sp³-hybridized carbons (Fsp3) is 0.125. The molecule has 0 bridgehead atoms. The van der Waals surface area contributed by atoms with Crippen LogP contribution in [0.4, 0.5) is 5.69 Å². The van der Waals surface area contributed by atoms with E-state index in [1.807, 2.05) is 66.1 Å². The highest BCUT2D eigenvalue weighted by atomic mass is 35.5. The molecule has 0 radical (unpaired) electrons. The SMILES string of the molecule is Cc1c(Cl)cccc1NC(=O)CSc1nnc(Cc2ccccc2)n1-c1ccc(Cl)cc1. The van der Waals surface area contributed by atoms with Crippen molar-refractivity contribution in [2.75, 3.05) is 11.1 Å². The molecule has 162 valence electrons. The average molecular weight is 483 g/mol. The summed E-state index contributed by atoms with van der Waals surface area (Å²) >= 11 is 13.6. The summed E-state index contributed by atoms with van der Waals surface area (Å²) < 4.78 is 1.96. The Morgan fingerprint density at radius 2 is 1.72 bits per heavy atom. The lowest BCUT2D eigenvalue weighted by Gasteiger charge is -2.11. The normalized spacial score (nSPS) is 10.8. The van der Waals surface area contributed by atoms with Gasteiger partial charge in [-0.3, -0.25) is 9.36 Å². The van der Waals surface area contributed by atoms with Crippen molar-refractivity contribution in [3.8, 4) is 5.69 Å². The third-order valence-corrected chi connectivity index (χ3v) is 6.45. The predicted octanol–water partition coefficient (Wildman–Crippen LogP) is 6.20. The number of aromatic nitrogens is 3. The smallest absolute Gasteiger partial charge is 0.234 e. The van der Waals surface area contributed by atoms with E-state index in [2.05, 4.69) is 27.6 Å². The van der Waals surface area contributed by atoms with Gasteiger partial charge in [-0.25, -0.2) is 0 Å². The second-order valence-corrected chi connectivity index (χ2v) is 8.91. The molecule has 0 saturated carbocycles. The number of anilines is 1. The highest BCUT2D eigenvalue weighted by Crippen LogP contribution is 2.26. The summed E-state index contributed by atoms with van der Waals surface area (Å²) in [4.78, 5) is 12.6. The van der Waals surface area contributed by atoms with Gasteiger partial charge >= 0.3 is 0 Å². The van der Waals surface area contributed by atoms with Gasteiger partial charge in [0.25, 0.3) is 0 Å². The van der Waals surface area contributed by atoms with Crippen molar-refractivity contribution < 1.29 is 4.79 Å². The molecule has 8 heteroatoms. The monoisotopic (exact) mass is 482 g/mol. The fourth-order valence-electron chi connectivity index (χ4n) is 3.20. The van der Waals surface area contributed by atoms with E-state index in [0.29, 0.717) is 27.3 Å². The van der Waals surface area contributed by atoms with Gasteiger partial charge in [0.05, 0.1) is 5.75 Å². The minimum Gasteiger partial charge on any atom is -0.325 e. The Morgan fingerprint density at radius 1 is 0.969 bits per heavy atom. The van der Waals surface area contributed by atoms with Crippen LogP contribution in [0.15, 0.2) is 78.0 Å². The van der Waals surface area contributed by atoms with Gasteiger partial charge in [0.15, 0.2) is 5.16 Å². The van der Waals surface area contributed by atoms with Crippen LogP contribution in [0.2, 0.25) is 10.0 Å². The maximum atomic E-state index is 12.6. The lowest BCUT2D eigenvalue weighted by atomic mass is 10.1. The topological polar surface area (TPSA) is 59.8 Å². The third-order valence-electron chi connectivity index (χ3n) is 4.86. The van der Waals surface area contributed by atoms with E-state index in [9.17, 15) is 4.79 Å². The molecule has 0 saturated heterocycles. The van der Waals surface area contributed by atoms with Gasteiger partial charge in [-0.05, 0) is 54.4 Å². The molecular weight excluding hydrogens is 463 g/mol. The number of rotatable bonds is 7. The summed E-state index contributed by atoms with van der Waals surface area (Å²) in [7, 11) is 0. The highest BCUT2D eigenvalue weighted by molar-refractivity contribution is 7.99. The lowest BCUT2D eigenvalue weighted by Crippen LogP contribution is -2.15. The van der Waals surface area contributed by atoms with E-state index in [0.717, 1.165) is 22.6 Å². The Bertz CT molecular complexity index is 1230. The minimum absolute atomic E-state index is 0.143. The Balaban J connectivity index is 1.55. The number of benzene rings is 3. The Morgan fingerprint density at radius 3 is 2.47 bits per heavy atom. The number of hydrogen-bond acceptors (Lipinski definition) is 4. The van der Waals surface area contributed by atoms with Crippen LogP contribution >= 0.6 is 35.0 Å². The van der Waals surface area contributed by atoms with E-state index in [4.69, 9.17) is 23.2 Å². The number of nitrogens with one attached hydrogen (secondary N) is 1. The molecule has 1 amide bonds. The van der Waals surface area contributed by atoms with Crippen LogP contribution in [0.3, 0.4) is 0 Å². The second kappa shape index (κ2) is 10.2. The molecule has 0 atom stereocenters. The molecule has 0 fully saturated rings. The molecule has 1 N–H and O–H groups in total. The van der Waals surface area contributed by atoms with Crippen molar-refractivity contribution in [2.45, 2.75) is 18.5 Å². The van der Waals surface area contributed by atoms with Crippen LogP contribution in [0, 0.1) is 6.92 Å². The van der Waals surface area contributed by atoms with Gasteiger partial charge in [-0.15, -0.1) is 10.2 Å². The number of amides is 1. The molecule has 4 aromatic rings. The molecule has 3 aromatic carbocycles. The number of hydrogen-bond donors (Lipinski definition) is 1. The van der Waals surface area contributed by atoms with E-state index in [1.165, 1.54) is 11.8 Å². The molecule has 5 nitrogen and oxygen atoms in total. The van der Waals surface area contributed by atoms with Crippen LogP contribution in [0.1, 0.15) is 17.0 Å². The van der Waals surface area contributed by atoms with E-state index < -0.39 is 0 Å². The highest BCUT2D eigenvalue weighted by Gasteiger charge is 2.17. The van der Waals surface area contributed by atoms with Crippen molar-refractivity contribution in [3.05, 3.63) is 99.8 Å². The standard InChI is InChI=1S/C24H20Cl2N4OS/c1-16-20(26)8-5-9-21(16)27-23(31)15-32-24-29-28-22(14-17-6-3-2-4-7-17)30(24)19-12-10-18(25)11-13-19/h2-13H,14-15H2,1H3,(H,27,31). The van der Waals surface area contributed by atoms with Crippen LogP contribution in [-0.4, -0.2) is 26.4 Å². The van der Waals surface area contributed by atoms with E-state index in [-0.39, 0.29) is 11.7 Å². The van der Waals surface area contributed by atoms with Gasteiger partial charge in [0.1, 0.15) is 5.82 Å². The number of carbonyl (C=O) groups is 1. The fourth-order valence-corrected chi connectivity index (χ4v) is 4.27. The van der Waals surface area contributed by atoms with Crippen molar-refractivity contribution in [3.63, 3.8) is 0 Å². The number of thioether (sulfide) groups is 1. The Labute approximate surface area is 200 Å². The maximum absolute atomic E-state index is 12.6. The second-order valence-electron chi connectivity index (χ2n) is 7.12. The zero-order chi connectivity index (χ0) is 22.5. The molecule has 0 unspecified atom stereocenters. The molecule has 1 aromatic heterocycles. The van der Waals surface area contributed by atoms with Crippen LogP contribution in [0.25, 0.3) is 5.69 Å². The van der Waals surface area contributed by atoms with Crippen molar-refractivity contribution in [2.24, 2.45) is 0 Å². The zero-order valence-corrected chi connectivity index (χ0v) is 19.6. The number of nitrogens with zero attached hydrogens (tertiary/aromatic N) is 3. The van der Waals surface area contributed by atoms with Gasteiger partial charge in [-0.2, -0.15) is 0 Å². The largest absolute Gasteiger partial charge is 0.325 e. The third kappa shape index (κ3) is 5.33. The molecule has 0 aliphatic carbocycles. The molecule has 0 spiro atoms. The number of carbonyl (C=O) groups excluding carboxylic acids is 1. The maximum Gasteiger partial charge on any atom is 0.234 e. The molecule has 4 rings (SSSR count). The zero-order valence-electron chi connectivity index (χ0n) is 17.3. The Hall–Kier alpha value is -2.80. The Kier molecular flexibility index (Phi) is 7.15. The summed E-state index contributed by atoms with van der Waals surface area (Å²) in [6, 6.07) is 23.0. The van der Waals surface area contributed by atoms with Gasteiger partial charge in [0.2, 0.25) is 5.91 Å². The number of halogens is 2. The van der Waals surface area contributed by atoms with Crippen molar-refractivity contribution in [1.29, 1.82) is 0 Å². The van der Waals surface area contributed by atoms with Crippen LogP contribution < -0.4 is 5.32 Å². The van der Waals surface area contributed by atoms with Gasteiger partial charge in [0, 0.05) is 27.8 Å². The first-order chi connectivity index (χ1) is 15.5.